The van der Waals surface area contributed by atoms with Crippen LogP contribution in [0.15, 0.2) is 152 Å². The van der Waals surface area contributed by atoms with Gasteiger partial charge in [-0.1, -0.05) is 151 Å². The van der Waals surface area contributed by atoms with Gasteiger partial charge in [-0.25, -0.2) is 9.97 Å². The first-order valence-corrected chi connectivity index (χ1v) is 20.9. The SMILES string of the molecule is CC(C)(C)c1ccc2c(c1)c1cccc3c1n2-c1cc(-c2cc(-c4ccccc4)nc(-c4ccccc4)n2)cc2c1B3c1cccc3c4cc(C(C)(C)C)ccc4n-2c13. The van der Waals surface area contributed by atoms with E-state index in [0.717, 1.165) is 28.1 Å². The number of hydrogen-bond acceptors (Lipinski definition) is 2. The Bertz CT molecular complexity index is 3180. The molecule has 0 spiro atoms. The van der Waals surface area contributed by atoms with E-state index >= 15 is 0 Å². The highest BCUT2D eigenvalue weighted by atomic mass is 15.0. The molecule has 2 aliphatic heterocycles. The predicted octanol–water partition coefficient (Wildman–Crippen LogP) is 11.4. The molecule has 4 nitrogen and oxygen atoms in total. The summed E-state index contributed by atoms with van der Waals surface area (Å²) in [6.07, 6.45) is 0. The average Bonchev–Trinajstić information content (AvgIpc) is 3.77. The fourth-order valence-electron chi connectivity index (χ4n) is 10.1. The minimum atomic E-state index is 0.0249. The molecule has 3 aromatic heterocycles. The molecule has 5 heterocycles. The lowest BCUT2D eigenvalue weighted by molar-refractivity contribution is 0.591. The lowest BCUT2D eigenvalue weighted by Crippen LogP contribution is -2.59. The third kappa shape index (κ3) is 4.91. The Hall–Kier alpha value is -6.72. The molecule has 0 amide bonds. The summed E-state index contributed by atoms with van der Waals surface area (Å²) in [4.78, 5) is 10.6. The fraction of sp³-hybridized carbons (Fsp3) is 0.148. The summed E-state index contributed by atoms with van der Waals surface area (Å²) < 4.78 is 5.13. The molecule has 0 N–H and O–H groups in total. The van der Waals surface area contributed by atoms with E-state index < -0.39 is 0 Å². The minimum Gasteiger partial charge on any atom is -0.310 e. The van der Waals surface area contributed by atoms with Gasteiger partial charge in [-0.3, -0.25) is 0 Å². The summed E-state index contributed by atoms with van der Waals surface area (Å²) in [7, 11) is 0. The lowest BCUT2D eigenvalue weighted by atomic mass is 9.34. The second-order valence-electron chi connectivity index (χ2n) is 18.7. The van der Waals surface area contributed by atoms with Crippen LogP contribution in [0.5, 0.6) is 0 Å². The molecular weight excluding hydrogens is 715 g/mol. The predicted molar refractivity (Wildman–Crippen MR) is 249 cm³/mol. The zero-order valence-electron chi connectivity index (χ0n) is 34.3. The topological polar surface area (TPSA) is 35.6 Å². The van der Waals surface area contributed by atoms with E-state index in [1.807, 2.05) is 6.07 Å². The van der Waals surface area contributed by atoms with Crippen LogP contribution in [0, 0.1) is 0 Å². The van der Waals surface area contributed by atoms with Crippen LogP contribution in [0.2, 0.25) is 0 Å². The Labute approximate surface area is 344 Å². The number of hydrogen-bond donors (Lipinski definition) is 0. The smallest absolute Gasteiger partial charge is 0.252 e. The summed E-state index contributed by atoms with van der Waals surface area (Å²) in [5, 5.41) is 5.19. The molecule has 0 saturated heterocycles. The molecule has 12 rings (SSSR count). The standard InChI is InChI=1S/C54H43BN4/c1-53(2,3)35-23-25-45-39(29-35)37-19-13-21-41-50(37)58(45)47-27-34(44-31-43(32-15-9-7-10-16-32)56-52(57-44)33-17-11-8-12-18-33)28-48-49(47)55(41)42-22-14-20-38-40-30-36(54(4,5)6)24-26-46(40)59(48)51(38)42/h7-31H,1-6H3. The van der Waals surface area contributed by atoms with E-state index in [2.05, 4.69) is 196 Å². The van der Waals surface area contributed by atoms with Crippen molar-refractivity contribution in [3.8, 4) is 45.3 Å². The highest BCUT2D eigenvalue weighted by molar-refractivity contribution is 7.00. The van der Waals surface area contributed by atoms with Crippen molar-refractivity contribution in [3.63, 3.8) is 0 Å². The molecule has 7 aromatic carbocycles. The zero-order chi connectivity index (χ0) is 39.9. The molecular formula is C54H43BN4. The molecule has 282 valence electrons. The first kappa shape index (κ1) is 34.3. The summed E-state index contributed by atoms with van der Waals surface area (Å²) in [6.45, 7) is 13.9. The van der Waals surface area contributed by atoms with Crippen molar-refractivity contribution in [2.45, 2.75) is 52.4 Å². The minimum absolute atomic E-state index is 0.0249. The summed E-state index contributed by atoms with van der Waals surface area (Å²) in [5.74, 6) is 0.717. The van der Waals surface area contributed by atoms with Crippen LogP contribution in [0.1, 0.15) is 52.7 Å². The highest BCUT2D eigenvalue weighted by Crippen LogP contribution is 2.42. The number of rotatable bonds is 3. The maximum absolute atomic E-state index is 5.39. The van der Waals surface area contributed by atoms with E-state index in [-0.39, 0.29) is 17.5 Å². The normalized spacial score (nSPS) is 13.2. The van der Waals surface area contributed by atoms with Gasteiger partial charge in [0.25, 0.3) is 6.71 Å². The average molecular weight is 759 g/mol. The van der Waals surface area contributed by atoms with E-state index in [1.165, 1.54) is 82.5 Å². The number of para-hydroxylation sites is 2. The summed E-state index contributed by atoms with van der Waals surface area (Å²) in [5.41, 5.74) is 19.2. The van der Waals surface area contributed by atoms with Gasteiger partial charge in [-0.2, -0.15) is 0 Å². The van der Waals surface area contributed by atoms with Gasteiger partial charge in [-0.15, -0.1) is 0 Å². The molecule has 0 aliphatic carbocycles. The molecule has 0 atom stereocenters. The Kier molecular flexibility index (Phi) is 6.94. The second-order valence-corrected chi connectivity index (χ2v) is 18.7. The van der Waals surface area contributed by atoms with Gasteiger partial charge in [0.15, 0.2) is 5.82 Å². The Morgan fingerprint density at radius 1 is 0.424 bits per heavy atom. The molecule has 2 aliphatic rings. The first-order valence-electron chi connectivity index (χ1n) is 20.9. The maximum atomic E-state index is 5.39. The molecule has 10 aromatic rings. The van der Waals surface area contributed by atoms with E-state index in [9.17, 15) is 0 Å². The van der Waals surface area contributed by atoms with Gasteiger partial charge in [0, 0.05) is 60.6 Å². The third-order valence-electron chi connectivity index (χ3n) is 13.0. The van der Waals surface area contributed by atoms with E-state index in [0.29, 0.717) is 5.82 Å². The quantitative estimate of drug-likeness (QED) is 0.168. The number of aromatic nitrogens is 4. The van der Waals surface area contributed by atoms with E-state index in [4.69, 9.17) is 9.97 Å². The van der Waals surface area contributed by atoms with E-state index in [1.54, 1.807) is 0 Å². The van der Waals surface area contributed by atoms with Crippen LogP contribution >= 0.6 is 0 Å². The largest absolute Gasteiger partial charge is 0.310 e. The maximum Gasteiger partial charge on any atom is 0.252 e. The van der Waals surface area contributed by atoms with Crippen LogP contribution in [0.4, 0.5) is 0 Å². The zero-order valence-corrected chi connectivity index (χ0v) is 34.3. The van der Waals surface area contributed by atoms with Crippen molar-refractivity contribution in [2.75, 3.05) is 0 Å². The molecule has 0 saturated carbocycles. The van der Waals surface area contributed by atoms with Crippen LogP contribution in [0.25, 0.3) is 88.9 Å². The van der Waals surface area contributed by atoms with Gasteiger partial charge in [0.05, 0.1) is 22.4 Å². The first-order chi connectivity index (χ1) is 28.5. The molecule has 59 heavy (non-hydrogen) atoms. The summed E-state index contributed by atoms with van der Waals surface area (Å²) in [6, 6.07) is 56.1. The lowest BCUT2D eigenvalue weighted by Gasteiger charge is -2.34. The fourth-order valence-corrected chi connectivity index (χ4v) is 10.1. The van der Waals surface area contributed by atoms with Gasteiger partial charge in [0.1, 0.15) is 0 Å². The van der Waals surface area contributed by atoms with Crippen molar-refractivity contribution >= 4 is 66.7 Å². The van der Waals surface area contributed by atoms with Crippen LogP contribution in [-0.4, -0.2) is 25.8 Å². The van der Waals surface area contributed by atoms with Crippen LogP contribution in [-0.2, 0) is 10.8 Å². The molecule has 0 radical (unpaired) electrons. The van der Waals surface area contributed by atoms with Gasteiger partial charge >= 0.3 is 0 Å². The van der Waals surface area contributed by atoms with Gasteiger partial charge < -0.3 is 9.13 Å². The van der Waals surface area contributed by atoms with Crippen molar-refractivity contribution in [3.05, 3.63) is 163 Å². The molecule has 0 bridgehead atoms. The van der Waals surface area contributed by atoms with Crippen molar-refractivity contribution in [1.82, 2.24) is 19.1 Å². The van der Waals surface area contributed by atoms with Gasteiger partial charge in [0.2, 0.25) is 0 Å². The Morgan fingerprint density at radius 3 is 1.39 bits per heavy atom. The van der Waals surface area contributed by atoms with Crippen LogP contribution in [0.3, 0.4) is 0 Å². The van der Waals surface area contributed by atoms with Gasteiger partial charge in [-0.05, 0) is 80.8 Å². The van der Waals surface area contributed by atoms with Crippen LogP contribution < -0.4 is 16.4 Å². The van der Waals surface area contributed by atoms with Crippen molar-refractivity contribution in [1.29, 1.82) is 0 Å². The Morgan fingerprint density at radius 2 is 0.898 bits per heavy atom. The number of benzene rings is 7. The van der Waals surface area contributed by atoms with Crippen molar-refractivity contribution < 1.29 is 0 Å². The molecule has 5 heteroatoms. The highest BCUT2D eigenvalue weighted by Gasteiger charge is 2.41. The third-order valence-corrected chi connectivity index (χ3v) is 13.0. The summed E-state index contributed by atoms with van der Waals surface area (Å²) >= 11 is 0. The Balaban J connectivity index is 1.24. The monoisotopic (exact) mass is 758 g/mol. The number of nitrogens with zero attached hydrogens (tertiary/aromatic N) is 4. The second kappa shape index (κ2) is 11.9. The van der Waals surface area contributed by atoms with Crippen molar-refractivity contribution in [2.24, 2.45) is 0 Å². The molecule has 0 fully saturated rings. The molecule has 0 unspecified atom stereocenters. The number of fused-ring (bicyclic) bond motifs is 10.